The van der Waals surface area contributed by atoms with E-state index in [0.717, 1.165) is 66.8 Å². The van der Waals surface area contributed by atoms with Crippen LogP contribution in [-0.2, 0) is 0 Å². The molecule has 0 aliphatic heterocycles. The molecule has 0 bridgehead atoms. The van der Waals surface area contributed by atoms with Crippen LogP contribution in [0.5, 0.6) is 11.5 Å². The summed E-state index contributed by atoms with van der Waals surface area (Å²) in [5, 5.41) is 6.95. The highest BCUT2D eigenvalue weighted by Crippen LogP contribution is 2.54. The lowest BCUT2D eigenvalue weighted by atomic mass is 9.83. The molecule has 8 aromatic rings. The second kappa shape index (κ2) is 11.6. The normalized spacial score (nSPS) is 11.3. The Labute approximate surface area is 269 Å². The van der Waals surface area contributed by atoms with E-state index in [-0.39, 0.29) is 0 Å². The molecule has 0 spiro atoms. The highest BCUT2D eigenvalue weighted by molar-refractivity contribution is 6.15. The molecule has 2 nitrogen and oxygen atoms in total. The van der Waals surface area contributed by atoms with Crippen molar-refractivity contribution < 1.29 is 9.47 Å². The van der Waals surface area contributed by atoms with Crippen molar-refractivity contribution in [2.24, 2.45) is 0 Å². The predicted octanol–water partition coefficient (Wildman–Crippen LogP) is 11.8. The third kappa shape index (κ3) is 4.58. The lowest BCUT2D eigenvalue weighted by Crippen LogP contribution is -2.00. The van der Waals surface area contributed by atoms with E-state index >= 15 is 0 Å². The summed E-state index contributed by atoms with van der Waals surface area (Å²) in [6.45, 7) is 0. The molecule has 0 fully saturated rings. The Hall–Kier alpha value is -5.86. The number of hydrogen-bond donors (Lipinski definition) is 0. The summed E-state index contributed by atoms with van der Waals surface area (Å²) in [5.41, 5.74) is 8.84. The predicted molar refractivity (Wildman–Crippen MR) is 194 cm³/mol. The molecule has 46 heavy (non-hydrogen) atoms. The van der Waals surface area contributed by atoms with Crippen LogP contribution in [0, 0.1) is 0 Å². The second-order valence-electron chi connectivity index (χ2n) is 11.6. The van der Waals surface area contributed by atoms with Gasteiger partial charge in [-0.1, -0.05) is 133 Å². The van der Waals surface area contributed by atoms with Crippen molar-refractivity contribution in [1.82, 2.24) is 0 Å². The molecular weight excluding hydrogens is 560 g/mol. The highest BCUT2D eigenvalue weighted by atomic mass is 16.5. The van der Waals surface area contributed by atoms with Crippen LogP contribution in [0.3, 0.4) is 0 Å². The molecule has 0 unspecified atom stereocenters. The fourth-order valence-corrected chi connectivity index (χ4v) is 6.92. The summed E-state index contributed by atoms with van der Waals surface area (Å²) in [6.07, 6.45) is 0. The van der Waals surface area contributed by atoms with Crippen LogP contribution >= 0.6 is 0 Å². The minimum Gasteiger partial charge on any atom is -0.492 e. The Morgan fingerprint density at radius 3 is 0.978 bits per heavy atom. The van der Waals surface area contributed by atoms with Gasteiger partial charge in [0, 0.05) is 11.1 Å². The van der Waals surface area contributed by atoms with Gasteiger partial charge in [0.15, 0.2) is 11.5 Å². The van der Waals surface area contributed by atoms with Gasteiger partial charge in [-0.05, 0) is 90.0 Å². The molecule has 0 atom stereocenters. The number of benzene rings is 8. The third-order valence-electron chi connectivity index (χ3n) is 9.01. The lowest BCUT2D eigenvalue weighted by Gasteiger charge is -2.24. The number of hydrogen-bond acceptors (Lipinski definition) is 2. The molecule has 0 aliphatic carbocycles. The topological polar surface area (TPSA) is 18.5 Å². The van der Waals surface area contributed by atoms with Gasteiger partial charge in [0.05, 0.1) is 14.2 Å². The van der Waals surface area contributed by atoms with Crippen LogP contribution in [0.2, 0.25) is 0 Å². The van der Waals surface area contributed by atoms with Crippen molar-refractivity contribution >= 4 is 32.3 Å². The van der Waals surface area contributed by atoms with Gasteiger partial charge in [0.1, 0.15) is 0 Å². The van der Waals surface area contributed by atoms with Gasteiger partial charge >= 0.3 is 0 Å². The van der Waals surface area contributed by atoms with Gasteiger partial charge in [-0.3, -0.25) is 0 Å². The molecule has 0 heterocycles. The molecule has 0 aromatic heterocycles. The van der Waals surface area contributed by atoms with Crippen molar-refractivity contribution in [2.45, 2.75) is 0 Å². The van der Waals surface area contributed by atoms with E-state index in [1.165, 1.54) is 21.5 Å². The van der Waals surface area contributed by atoms with Crippen LogP contribution in [0.15, 0.2) is 158 Å². The summed E-state index contributed by atoms with van der Waals surface area (Å²) < 4.78 is 12.8. The quantitative estimate of drug-likeness (QED) is 0.191. The Morgan fingerprint density at radius 2 is 0.630 bits per heavy atom. The van der Waals surface area contributed by atoms with Crippen molar-refractivity contribution in [3.05, 3.63) is 158 Å². The molecule has 220 valence electrons. The minimum absolute atomic E-state index is 0.718. The van der Waals surface area contributed by atoms with Crippen LogP contribution < -0.4 is 9.47 Å². The van der Waals surface area contributed by atoms with Gasteiger partial charge in [0.2, 0.25) is 0 Å². The zero-order valence-corrected chi connectivity index (χ0v) is 25.8. The van der Waals surface area contributed by atoms with Crippen molar-refractivity contribution in [1.29, 1.82) is 0 Å². The molecule has 0 N–H and O–H groups in total. The van der Waals surface area contributed by atoms with Crippen LogP contribution in [0.4, 0.5) is 0 Å². The highest BCUT2D eigenvalue weighted by Gasteiger charge is 2.27. The van der Waals surface area contributed by atoms with Crippen molar-refractivity contribution in [3.8, 4) is 56.0 Å². The van der Waals surface area contributed by atoms with Crippen LogP contribution in [-0.4, -0.2) is 14.2 Å². The molecule has 0 saturated heterocycles. The molecule has 0 aliphatic rings. The first-order chi connectivity index (χ1) is 22.7. The summed E-state index contributed by atoms with van der Waals surface area (Å²) in [5.74, 6) is 1.44. The largest absolute Gasteiger partial charge is 0.492 e. The summed E-state index contributed by atoms with van der Waals surface area (Å²) >= 11 is 0. The van der Waals surface area contributed by atoms with E-state index in [1.807, 2.05) is 0 Å². The monoisotopic (exact) mass is 592 g/mol. The van der Waals surface area contributed by atoms with Gasteiger partial charge < -0.3 is 9.47 Å². The van der Waals surface area contributed by atoms with E-state index < -0.39 is 0 Å². The standard InChI is InChI=1S/C44H32O2/c1-45-43-41(39-27-33-21-11-9-19-31(33)25-37(39)29-15-5-3-6-16-29)35-23-13-14-24-36(35)42(44(43)46-2)40-28-34-22-12-10-20-32(34)26-38(40)30-17-7-4-8-18-30/h3-28H,1-2H3. The van der Waals surface area contributed by atoms with Gasteiger partial charge in [0.25, 0.3) is 0 Å². The maximum atomic E-state index is 6.40. The first kappa shape index (κ1) is 27.7. The fourth-order valence-electron chi connectivity index (χ4n) is 6.92. The number of methoxy groups -OCH3 is 2. The zero-order chi connectivity index (χ0) is 31.0. The lowest BCUT2D eigenvalue weighted by molar-refractivity contribution is 0.358. The molecule has 0 radical (unpaired) electrons. The molecule has 0 amide bonds. The maximum absolute atomic E-state index is 6.40. The Bertz CT molecular complexity index is 2200. The van der Waals surface area contributed by atoms with Gasteiger partial charge in [-0.25, -0.2) is 0 Å². The number of fused-ring (bicyclic) bond motifs is 3. The molecule has 8 aromatic carbocycles. The van der Waals surface area contributed by atoms with E-state index in [4.69, 9.17) is 9.47 Å². The average Bonchev–Trinajstić information content (AvgIpc) is 3.13. The summed E-state index contributed by atoms with van der Waals surface area (Å²) in [4.78, 5) is 0. The molecule has 8 rings (SSSR count). The first-order valence-corrected chi connectivity index (χ1v) is 15.6. The van der Waals surface area contributed by atoms with Crippen molar-refractivity contribution in [3.63, 3.8) is 0 Å². The van der Waals surface area contributed by atoms with Gasteiger partial charge in [-0.2, -0.15) is 0 Å². The smallest absolute Gasteiger partial charge is 0.169 e. The number of rotatable bonds is 6. The third-order valence-corrected chi connectivity index (χ3v) is 9.01. The molecular formula is C44H32O2. The zero-order valence-electron chi connectivity index (χ0n) is 25.8. The Balaban J connectivity index is 1.52. The van der Waals surface area contributed by atoms with Gasteiger partial charge in [-0.15, -0.1) is 0 Å². The summed E-state index contributed by atoms with van der Waals surface area (Å²) in [7, 11) is 3.50. The minimum atomic E-state index is 0.718. The van der Waals surface area contributed by atoms with E-state index in [2.05, 4.69) is 158 Å². The maximum Gasteiger partial charge on any atom is 0.169 e. The second-order valence-corrected chi connectivity index (χ2v) is 11.6. The van der Waals surface area contributed by atoms with Crippen LogP contribution in [0.1, 0.15) is 0 Å². The van der Waals surface area contributed by atoms with E-state index in [9.17, 15) is 0 Å². The van der Waals surface area contributed by atoms with Crippen molar-refractivity contribution in [2.75, 3.05) is 14.2 Å². The van der Waals surface area contributed by atoms with Crippen LogP contribution in [0.25, 0.3) is 76.8 Å². The van der Waals surface area contributed by atoms with E-state index in [0.29, 0.717) is 0 Å². The molecule has 2 heteroatoms. The first-order valence-electron chi connectivity index (χ1n) is 15.6. The number of ether oxygens (including phenoxy) is 2. The fraction of sp³-hybridized carbons (Fsp3) is 0.0455. The average molecular weight is 593 g/mol. The SMILES string of the molecule is COc1c(OC)c(-c2cc3ccccc3cc2-c2ccccc2)c2ccccc2c1-c1cc2ccccc2cc1-c1ccccc1. The Kier molecular flexibility index (Phi) is 6.96. The van der Waals surface area contributed by atoms with E-state index in [1.54, 1.807) is 14.2 Å². The molecule has 0 saturated carbocycles. The Morgan fingerprint density at radius 1 is 0.326 bits per heavy atom. The summed E-state index contributed by atoms with van der Waals surface area (Å²) in [6, 6.07) is 56.1.